The third-order valence-corrected chi connectivity index (χ3v) is 7.17. The molecule has 1 atom stereocenters. The fraction of sp³-hybridized carbons (Fsp3) is 0.273. The van der Waals surface area contributed by atoms with Crippen LogP contribution in [-0.4, -0.2) is 41.3 Å². The molecule has 1 fully saturated rings. The van der Waals surface area contributed by atoms with E-state index in [0.717, 1.165) is 0 Å². The Hall–Kier alpha value is -3.53. The molecule has 0 saturated carbocycles. The molecule has 2 aromatic carbocycles. The Balaban J connectivity index is 1.50. The molecule has 0 radical (unpaired) electrons. The molecule has 2 amide bonds. The number of para-hydroxylation sites is 1. The first-order chi connectivity index (χ1) is 15.3. The van der Waals surface area contributed by atoms with Crippen LogP contribution in [0.15, 0.2) is 59.4 Å². The van der Waals surface area contributed by atoms with Crippen LogP contribution in [0, 0.1) is 5.92 Å². The van der Waals surface area contributed by atoms with Crippen molar-refractivity contribution in [2.45, 2.75) is 19.4 Å². The van der Waals surface area contributed by atoms with Crippen molar-refractivity contribution in [3.05, 3.63) is 65.0 Å². The minimum atomic E-state index is -3.08. The standard InChI is InChI=1S/C22H22N4O5S/c27-19(12-15-10-11-32(30,31)14-15)24-25-20(28)13-26-21(16-6-2-1-3-7-16)23-18-9-5-4-8-17(18)22(26)29/h1-9,15H,10-14H2,(H,24,27)(H,25,28)/t15-/m0/s1. The molecule has 0 spiro atoms. The number of amides is 2. The minimum Gasteiger partial charge on any atom is -0.283 e. The maximum atomic E-state index is 13.1. The van der Waals surface area contributed by atoms with E-state index in [2.05, 4.69) is 15.8 Å². The number of hydrogen-bond acceptors (Lipinski definition) is 6. The van der Waals surface area contributed by atoms with Crippen molar-refractivity contribution in [1.82, 2.24) is 20.4 Å². The van der Waals surface area contributed by atoms with Crippen LogP contribution in [0.1, 0.15) is 12.8 Å². The maximum absolute atomic E-state index is 13.1. The van der Waals surface area contributed by atoms with Gasteiger partial charge in [-0.25, -0.2) is 13.4 Å². The van der Waals surface area contributed by atoms with Gasteiger partial charge in [0, 0.05) is 12.0 Å². The first-order valence-electron chi connectivity index (χ1n) is 10.2. The molecule has 9 nitrogen and oxygen atoms in total. The number of rotatable bonds is 5. The number of aromatic nitrogens is 2. The zero-order valence-corrected chi connectivity index (χ0v) is 18.0. The number of benzene rings is 2. The Morgan fingerprint density at radius 1 is 1.00 bits per heavy atom. The van der Waals surface area contributed by atoms with Crippen molar-refractivity contribution in [1.29, 1.82) is 0 Å². The van der Waals surface area contributed by atoms with Crippen LogP contribution >= 0.6 is 0 Å². The van der Waals surface area contributed by atoms with E-state index in [9.17, 15) is 22.8 Å². The van der Waals surface area contributed by atoms with Gasteiger partial charge in [-0.2, -0.15) is 0 Å². The Labute approximate surface area is 184 Å². The lowest BCUT2D eigenvalue weighted by atomic mass is 10.1. The van der Waals surface area contributed by atoms with E-state index in [1.807, 2.05) is 18.2 Å². The number of hydrazine groups is 1. The Bertz CT molecular complexity index is 1340. The summed E-state index contributed by atoms with van der Waals surface area (Å²) in [7, 11) is -3.08. The molecule has 2 heterocycles. The number of carbonyl (C=O) groups excluding carboxylic acids is 2. The molecule has 1 saturated heterocycles. The lowest BCUT2D eigenvalue weighted by Crippen LogP contribution is -2.45. The number of fused-ring (bicyclic) bond motifs is 1. The van der Waals surface area contributed by atoms with Gasteiger partial charge in [-0.1, -0.05) is 42.5 Å². The van der Waals surface area contributed by atoms with Crippen molar-refractivity contribution < 1.29 is 18.0 Å². The molecule has 4 rings (SSSR count). The predicted molar refractivity (Wildman–Crippen MR) is 119 cm³/mol. The highest BCUT2D eigenvalue weighted by molar-refractivity contribution is 7.91. The molecule has 0 bridgehead atoms. The smallest absolute Gasteiger partial charge is 0.262 e. The SMILES string of the molecule is O=C(C[C@@H]1CCS(=O)(=O)C1)NNC(=O)Cn1c(-c2ccccc2)nc2ccccc2c1=O. The first-order valence-corrected chi connectivity index (χ1v) is 12.0. The van der Waals surface area contributed by atoms with Crippen LogP contribution < -0.4 is 16.4 Å². The zero-order valence-electron chi connectivity index (χ0n) is 17.2. The second-order valence-corrected chi connectivity index (χ2v) is 10.0. The van der Waals surface area contributed by atoms with Gasteiger partial charge in [0.15, 0.2) is 9.84 Å². The van der Waals surface area contributed by atoms with Crippen molar-refractivity contribution in [2.24, 2.45) is 5.92 Å². The predicted octanol–water partition coefficient (Wildman–Crippen LogP) is 1.04. The van der Waals surface area contributed by atoms with E-state index in [4.69, 9.17) is 0 Å². The summed E-state index contributed by atoms with van der Waals surface area (Å²) in [5, 5.41) is 0.381. The molecule has 32 heavy (non-hydrogen) atoms. The van der Waals surface area contributed by atoms with Crippen molar-refractivity contribution in [3.63, 3.8) is 0 Å². The highest BCUT2D eigenvalue weighted by atomic mass is 32.2. The normalized spacial score (nSPS) is 17.2. The molecule has 1 aliphatic heterocycles. The fourth-order valence-corrected chi connectivity index (χ4v) is 5.65. The summed E-state index contributed by atoms with van der Waals surface area (Å²) >= 11 is 0. The van der Waals surface area contributed by atoms with E-state index in [0.29, 0.717) is 28.7 Å². The summed E-state index contributed by atoms with van der Waals surface area (Å²) in [5.74, 6) is -0.938. The molecule has 166 valence electrons. The van der Waals surface area contributed by atoms with Crippen LogP contribution in [0.2, 0.25) is 0 Å². The van der Waals surface area contributed by atoms with E-state index in [-0.39, 0.29) is 35.9 Å². The Morgan fingerprint density at radius 3 is 2.41 bits per heavy atom. The highest BCUT2D eigenvalue weighted by Gasteiger charge is 2.29. The molecular weight excluding hydrogens is 432 g/mol. The average Bonchev–Trinajstić information content (AvgIpc) is 3.12. The quantitative estimate of drug-likeness (QED) is 0.555. The number of hydrogen-bond donors (Lipinski definition) is 2. The second kappa shape index (κ2) is 8.91. The zero-order chi connectivity index (χ0) is 22.7. The van der Waals surface area contributed by atoms with E-state index < -0.39 is 21.7 Å². The van der Waals surface area contributed by atoms with E-state index in [1.54, 1.807) is 36.4 Å². The van der Waals surface area contributed by atoms with E-state index >= 15 is 0 Å². The topological polar surface area (TPSA) is 127 Å². The molecule has 1 aromatic heterocycles. The van der Waals surface area contributed by atoms with Gasteiger partial charge in [-0.3, -0.25) is 29.8 Å². The first kappa shape index (κ1) is 21.7. The molecule has 0 aliphatic carbocycles. The average molecular weight is 455 g/mol. The summed E-state index contributed by atoms with van der Waals surface area (Å²) in [5.41, 5.74) is 5.44. The van der Waals surface area contributed by atoms with E-state index in [1.165, 1.54) is 4.57 Å². The third kappa shape index (κ3) is 4.86. The number of nitrogens with zero attached hydrogens (tertiary/aromatic N) is 2. The van der Waals surface area contributed by atoms with Gasteiger partial charge in [-0.05, 0) is 24.5 Å². The van der Waals surface area contributed by atoms with Gasteiger partial charge >= 0.3 is 0 Å². The molecule has 0 unspecified atom stereocenters. The molecular formula is C22H22N4O5S. The molecule has 1 aliphatic rings. The second-order valence-electron chi connectivity index (χ2n) is 7.78. The summed E-state index contributed by atoms with van der Waals surface area (Å²) in [6, 6.07) is 15.9. The van der Waals surface area contributed by atoms with Crippen LogP contribution in [0.5, 0.6) is 0 Å². The largest absolute Gasteiger partial charge is 0.283 e. The van der Waals surface area contributed by atoms with Gasteiger partial charge < -0.3 is 0 Å². The maximum Gasteiger partial charge on any atom is 0.262 e. The fourth-order valence-electron chi connectivity index (χ4n) is 3.79. The molecule has 2 N–H and O–H groups in total. The summed E-state index contributed by atoms with van der Waals surface area (Å²) in [6.07, 6.45) is 0.439. The van der Waals surface area contributed by atoms with Crippen molar-refractivity contribution in [2.75, 3.05) is 11.5 Å². The number of nitrogens with one attached hydrogen (secondary N) is 2. The van der Waals surface area contributed by atoms with Crippen LogP contribution in [0.25, 0.3) is 22.3 Å². The monoisotopic (exact) mass is 454 g/mol. The molecule has 3 aromatic rings. The van der Waals surface area contributed by atoms with Gasteiger partial charge in [0.2, 0.25) is 5.91 Å². The number of sulfone groups is 1. The van der Waals surface area contributed by atoms with Gasteiger partial charge in [0.25, 0.3) is 11.5 Å². The summed E-state index contributed by atoms with van der Waals surface area (Å²) in [4.78, 5) is 42.3. The van der Waals surface area contributed by atoms with Crippen LogP contribution in [0.3, 0.4) is 0 Å². The van der Waals surface area contributed by atoms with Crippen molar-refractivity contribution in [3.8, 4) is 11.4 Å². The lowest BCUT2D eigenvalue weighted by molar-refractivity contribution is -0.129. The van der Waals surface area contributed by atoms with Crippen molar-refractivity contribution >= 4 is 32.6 Å². The van der Waals surface area contributed by atoms with Gasteiger partial charge in [-0.15, -0.1) is 0 Å². The minimum absolute atomic E-state index is 0.00620. The number of carbonyl (C=O) groups is 2. The lowest BCUT2D eigenvalue weighted by Gasteiger charge is -2.14. The van der Waals surface area contributed by atoms with Crippen LogP contribution in [-0.2, 0) is 26.0 Å². The summed E-state index contributed by atoms with van der Waals surface area (Å²) < 4.78 is 24.3. The Kier molecular flexibility index (Phi) is 6.04. The van der Waals surface area contributed by atoms with Gasteiger partial charge in [0.05, 0.1) is 22.4 Å². The molecule has 10 heteroatoms. The Morgan fingerprint density at radius 2 is 1.69 bits per heavy atom. The van der Waals surface area contributed by atoms with Crippen LogP contribution in [0.4, 0.5) is 0 Å². The third-order valence-electron chi connectivity index (χ3n) is 5.34. The summed E-state index contributed by atoms with van der Waals surface area (Å²) in [6.45, 7) is -0.348. The highest BCUT2D eigenvalue weighted by Crippen LogP contribution is 2.21. The van der Waals surface area contributed by atoms with Gasteiger partial charge in [0.1, 0.15) is 12.4 Å².